The summed E-state index contributed by atoms with van der Waals surface area (Å²) in [4.78, 5) is 12.5. The second-order valence-electron chi connectivity index (χ2n) is 6.71. The van der Waals surface area contributed by atoms with Gasteiger partial charge in [-0.3, -0.25) is 9.48 Å². The number of halogens is 4. The normalized spacial score (nSPS) is 10.9. The van der Waals surface area contributed by atoms with Crippen LogP contribution in [0.3, 0.4) is 0 Å². The first-order chi connectivity index (χ1) is 15.4. The van der Waals surface area contributed by atoms with E-state index >= 15 is 0 Å². The van der Waals surface area contributed by atoms with Gasteiger partial charge in [-0.25, -0.2) is 0 Å². The molecule has 4 rings (SSSR count). The molecule has 4 aromatic rings. The van der Waals surface area contributed by atoms with Crippen LogP contribution in [0.1, 0.15) is 21.9 Å². The molecule has 0 saturated carbocycles. The van der Waals surface area contributed by atoms with Crippen LogP contribution in [0.15, 0.2) is 69.8 Å². The minimum absolute atomic E-state index is 0.130. The number of hydrogen-bond donors (Lipinski definition) is 1. The van der Waals surface area contributed by atoms with Gasteiger partial charge in [-0.1, -0.05) is 56.8 Å². The van der Waals surface area contributed by atoms with E-state index in [1.807, 2.05) is 6.07 Å². The van der Waals surface area contributed by atoms with Crippen molar-refractivity contribution >= 4 is 62.3 Å². The fraction of sp³-hybridized carbons (Fsp3) is 0.0909. The van der Waals surface area contributed by atoms with Crippen molar-refractivity contribution in [1.29, 1.82) is 0 Å². The van der Waals surface area contributed by atoms with E-state index in [1.165, 1.54) is 6.20 Å². The van der Waals surface area contributed by atoms with Crippen LogP contribution in [0.5, 0.6) is 5.75 Å². The van der Waals surface area contributed by atoms with Crippen molar-refractivity contribution in [3.05, 3.63) is 97.5 Å². The lowest BCUT2D eigenvalue weighted by Gasteiger charge is -2.07. The first-order valence-electron chi connectivity index (χ1n) is 9.32. The number of benzene rings is 2. The molecule has 0 unspecified atom stereocenters. The van der Waals surface area contributed by atoms with Gasteiger partial charge >= 0.3 is 0 Å². The Morgan fingerprint density at radius 1 is 1.09 bits per heavy atom. The van der Waals surface area contributed by atoms with Crippen LogP contribution >= 0.6 is 50.7 Å². The van der Waals surface area contributed by atoms with Gasteiger partial charge in [0, 0.05) is 26.3 Å². The molecule has 0 atom stereocenters. The number of anilines is 1. The maximum absolute atomic E-state index is 12.5. The minimum Gasteiger partial charge on any atom is -0.484 e. The SMILES string of the molecule is O=C(Nc1cnn(Cc2c(Cl)cccc2Cl)c1)c1ccc(COc2ccc(Br)cc2Cl)o1. The maximum Gasteiger partial charge on any atom is 0.291 e. The monoisotopic (exact) mass is 553 g/mol. The third-order valence-corrected chi connectivity index (χ3v) is 5.92. The molecular weight excluding hydrogens is 541 g/mol. The van der Waals surface area contributed by atoms with Crippen molar-refractivity contribution in [2.45, 2.75) is 13.2 Å². The molecular formula is C22H15BrCl3N3O3. The summed E-state index contributed by atoms with van der Waals surface area (Å²) in [5, 5.41) is 8.56. The lowest BCUT2D eigenvalue weighted by Crippen LogP contribution is -2.10. The van der Waals surface area contributed by atoms with Crippen molar-refractivity contribution < 1.29 is 13.9 Å². The lowest BCUT2D eigenvalue weighted by molar-refractivity contribution is 0.0992. The van der Waals surface area contributed by atoms with Gasteiger partial charge in [0.05, 0.1) is 23.5 Å². The Balaban J connectivity index is 1.36. The smallest absolute Gasteiger partial charge is 0.291 e. The number of hydrogen-bond acceptors (Lipinski definition) is 4. The Bertz CT molecular complexity index is 1250. The van der Waals surface area contributed by atoms with E-state index in [0.29, 0.717) is 38.8 Å². The van der Waals surface area contributed by atoms with Crippen molar-refractivity contribution in [3.8, 4) is 5.75 Å². The van der Waals surface area contributed by atoms with Crippen molar-refractivity contribution in [3.63, 3.8) is 0 Å². The molecule has 10 heteroatoms. The maximum atomic E-state index is 12.5. The van der Waals surface area contributed by atoms with Gasteiger partial charge in [0.25, 0.3) is 5.91 Å². The number of rotatable bonds is 7. The summed E-state index contributed by atoms with van der Waals surface area (Å²) in [6, 6.07) is 13.8. The summed E-state index contributed by atoms with van der Waals surface area (Å²) in [6.07, 6.45) is 3.21. The zero-order valence-electron chi connectivity index (χ0n) is 16.3. The van der Waals surface area contributed by atoms with Gasteiger partial charge < -0.3 is 14.5 Å². The fourth-order valence-corrected chi connectivity index (χ4v) is 4.12. The number of carbonyl (C=O) groups is 1. The molecule has 2 heterocycles. The van der Waals surface area contributed by atoms with Crippen LogP contribution in [0.4, 0.5) is 5.69 Å². The molecule has 1 amide bonds. The summed E-state index contributed by atoms with van der Waals surface area (Å²) in [5.41, 5.74) is 1.26. The average Bonchev–Trinajstić information content (AvgIpc) is 3.40. The number of carbonyl (C=O) groups excluding carboxylic acids is 1. The topological polar surface area (TPSA) is 69.3 Å². The van der Waals surface area contributed by atoms with Gasteiger partial charge in [-0.15, -0.1) is 0 Å². The Labute approximate surface area is 207 Å². The highest BCUT2D eigenvalue weighted by molar-refractivity contribution is 9.10. The third-order valence-electron chi connectivity index (χ3n) is 4.42. The van der Waals surface area contributed by atoms with E-state index < -0.39 is 5.91 Å². The summed E-state index contributed by atoms with van der Waals surface area (Å²) in [6.45, 7) is 0.500. The van der Waals surface area contributed by atoms with Gasteiger partial charge in [0.15, 0.2) is 5.76 Å². The van der Waals surface area contributed by atoms with E-state index in [-0.39, 0.29) is 12.4 Å². The van der Waals surface area contributed by atoms with Crippen LogP contribution < -0.4 is 10.1 Å². The first-order valence-corrected chi connectivity index (χ1v) is 11.2. The van der Waals surface area contributed by atoms with Gasteiger partial charge in [-0.2, -0.15) is 5.10 Å². The molecule has 32 heavy (non-hydrogen) atoms. The number of nitrogens with zero attached hydrogens (tertiary/aromatic N) is 2. The molecule has 0 aliphatic heterocycles. The summed E-state index contributed by atoms with van der Waals surface area (Å²) in [7, 11) is 0. The predicted molar refractivity (Wildman–Crippen MR) is 128 cm³/mol. The molecule has 1 N–H and O–H groups in total. The first kappa shape index (κ1) is 22.7. The van der Waals surface area contributed by atoms with E-state index in [1.54, 1.807) is 53.3 Å². The summed E-state index contributed by atoms with van der Waals surface area (Å²) >= 11 is 21.9. The lowest BCUT2D eigenvalue weighted by atomic mass is 10.2. The van der Waals surface area contributed by atoms with E-state index in [4.69, 9.17) is 44.0 Å². The van der Waals surface area contributed by atoms with Crippen molar-refractivity contribution in [2.75, 3.05) is 5.32 Å². The van der Waals surface area contributed by atoms with Crippen LogP contribution in [0.2, 0.25) is 15.1 Å². The molecule has 164 valence electrons. The highest BCUT2D eigenvalue weighted by Gasteiger charge is 2.14. The Morgan fingerprint density at radius 2 is 1.88 bits per heavy atom. The van der Waals surface area contributed by atoms with Crippen LogP contribution in [0.25, 0.3) is 0 Å². The molecule has 0 aliphatic carbocycles. The van der Waals surface area contributed by atoms with Crippen LogP contribution in [-0.2, 0) is 13.2 Å². The zero-order valence-corrected chi connectivity index (χ0v) is 20.2. The Kier molecular flexibility index (Phi) is 7.10. The third kappa shape index (κ3) is 5.48. The summed E-state index contributed by atoms with van der Waals surface area (Å²) < 4.78 is 13.7. The molecule has 0 bridgehead atoms. The minimum atomic E-state index is -0.409. The largest absolute Gasteiger partial charge is 0.484 e. The number of ether oxygens (including phenoxy) is 1. The molecule has 2 aromatic carbocycles. The van der Waals surface area contributed by atoms with Crippen LogP contribution in [-0.4, -0.2) is 15.7 Å². The molecule has 0 aliphatic rings. The highest BCUT2D eigenvalue weighted by atomic mass is 79.9. The van der Waals surface area contributed by atoms with Crippen LogP contribution in [0, 0.1) is 0 Å². The van der Waals surface area contributed by atoms with Gasteiger partial charge in [0.1, 0.15) is 18.1 Å². The zero-order chi connectivity index (χ0) is 22.7. The van der Waals surface area contributed by atoms with E-state index in [0.717, 1.165) is 10.0 Å². The molecule has 2 aromatic heterocycles. The number of nitrogens with one attached hydrogen (secondary N) is 1. The van der Waals surface area contributed by atoms with Crippen molar-refractivity contribution in [2.24, 2.45) is 0 Å². The molecule has 0 radical (unpaired) electrons. The highest BCUT2D eigenvalue weighted by Crippen LogP contribution is 2.29. The second kappa shape index (κ2) is 10.0. The summed E-state index contributed by atoms with van der Waals surface area (Å²) in [5.74, 6) is 0.738. The Morgan fingerprint density at radius 3 is 2.62 bits per heavy atom. The van der Waals surface area contributed by atoms with E-state index in [9.17, 15) is 4.79 Å². The number of amides is 1. The van der Waals surface area contributed by atoms with Gasteiger partial charge in [0.2, 0.25) is 0 Å². The Hall–Kier alpha value is -2.45. The molecule has 6 nitrogen and oxygen atoms in total. The van der Waals surface area contributed by atoms with E-state index in [2.05, 4.69) is 26.3 Å². The number of aromatic nitrogens is 2. The molecule has 0 saturated heterocycles. The quantitative estimate of drug-likeness (QED) is 0.265. The second-order valence-corrected chi connectivity index (χ2v) is 8.85. The fourth-order valence-electron chi connectivity index (χ4n) is 2.87. The molecule has 0 spiro atoms. The predicted octanol–water partition coefficient (Wildman–Crippen LogP) is 7.08. The molecule has 0 fully saturated rings. The average molecular weight is 556 g/mol. The standard InChI is InChI=1S/C22H15BrCl3N3O3/c23-13-4-6-20(19(26)8-13)31-12-15-5-7-21(32-15)22(30)28-14-9-27-29(10-14)11-16-17(24)2-1-3-18(16)25/h1-10H,11-12H2,(H,28,30). The van der Waals surface area contributed by atoms with Gasteiger partial charge in [-0.05, 0) is 42.5 Å². The number of furan rings is 1. The van der Waals surface area contributed by atoms with Crippen molar-refractivity contribution in [1.82, 2.24) is 9.78 Å².